The molecule has 0 saturated carbocycles. The van der Waals surface area contributed by atoms with Crippen molar-refractivity contribution in [3.05, 3.63) is 60.2 Å². The average Bonchev–Trinajstić information content (AvgIpc) is 2.46. The zero-order valence-corrected chi connectivity index (χ0v) is 11.2. The molecule has 102 valence electrons. The molecule has 20 heavy (non-hydrogen) atoms. The molecule has 0 saturated heterocycles. The van der Waals surface area contributed by atoms with Crippen LogP contribution in [0.4, 0.5) is 11.4 Å². The highest BCUT2D eigenvalue weighted by Gasteiger charge is 1.98. The van der Waals surface area contributed by atoms with E-state index in [-0.39, 0.29) is 5.91 Å². The van der Waals surface area contributed by atoms with Crippen molar-refractivity contribution < 1.29 is 9.53 Å². The van der Waals surface area contributed by atoms with Gasteiger partial charge in [0.15, 0.2) is 0 Å². The summed E-state index contributed by atoms with van der Waals surface area (Å²) in [5, 5.41) is 2.77. The van der Waals surface area contributed by atoms with Crippen molar-refractivity contribution in [1.82, 2.24) is 0 Å². The number of nitrogen functional groups attached to an aromatic ring is 1. The average molecular weight is 268 g/mol. The molecule has 1 amide bonds. The highest BCUT2D eigenvalue weighted by atomic mass is 16.5. The van der Waals surface area contributed by atoms with E-state index in [9.17, 15) is 4.79 Å². The highest BCUT2D eigenvalue weighted by Crippen LogP contribution is 2.15. The number of hydrogen-bond donors (Lipinski definition) is 2. The minimum atomic E-state index is -0.197. The highest BCUT2D eigenvalue weighted by molar-refractivity contribution is 6.01. The normalized spacial score (nSPS) is 10.4. The maximum absolute atomic E-state index is 11.8. The molecule has 0 aromatic heterocycles. The lowest BCUT2D eigenvalue weighted by Gasteiger charge is -2.03. The van der Waals surface area contributed by atoms with Gasteiger partial charge in [0.1, 0.15) is 5.75 Å². The number of ether oxygens (including phenoxy) is 1. The van der Waals surface area contributed by atoms with E-state index in [4.69, 9.17) is 10.5 Å². The largest absolute Gasteiger partial charge is 0.497 e. The molecule has 0 fully saturated rings. The van der Waals surface area contributed by atoms with Crippen LogP contribution in [0.15, 0.2) is 54.6 Å². The Bertz CT molecular complexity index is 619. The Labute approximate surface area is 117 Å². The minimum absolute atomic E-state index is 0.197. The Balaban J connectivity index is 1.98. The summed E-state index contributed by atoms with van der Waals surface area (Å²) in [6.07, 6.45) is 3.19. The van der Waals surface area contributed by atoms with Gasteiger partial charge in [-0.3, -0.25) is 4.79 Å². The predicted molar refractivity (Wildman–Crippen MR) is 81.5 cm³/mol. The van der Waals surface area contributed by atoms with Gasteiger partial charge in [-0.1, -0.05) is 12.1 Å². The fraction of sp³-hybridized carbons (Fsp3) is 0.0625. The molecule has 4 nitrogen and oxygen atoms in total. The molecule has 0 aliphatic carbocycles. The Kier molecular flexibility index (Phi) is 4.39. The smallest absolute Gasteiger partial charge is 0.248 e. The van der Waals surface area contributed by atoms with Gasteiger partial charge in [0.25, 0.3) is 0 Å². The van der Waals surface area contributed by atoms with Gasteiger partial charge in [0.2, 0.25) is 5.91 Å². The third kappa shape index (κ3) is 3.88. The zero-order chi connectivity index (χ0) is 14.4. The van der Waals surface area contributed by atoms with Crippen molar-refractivity contribution in [1.29, 1.82) is 0 Å². The van der Waals surface area contributed by atoms with Crippen molar-refractivity contribution in [3.8, 4) is 5.75 Å². The van der Waals surface area contributed by atoms with Gasteiger partial charge in [-0.15, -0.1) is 0 Å². The Morgan fingerprint density at radius 3 is 2.60 bits per heavy atom. The molecule has 0 spiro atoms. The summed E-state index contributed by atoms with van der Waals surface area (Å²) in [5.41, 5.74) is 7.94. The van der Waals surface area contributed by atoms with Crippen LogP contribution in [0.5, 0.6) is 5.75 Å². The number of anilines is 2. The van der Waals surface area contributed by atoms with Crippen LogP contribution in [0, 0.1) is 0 Å². The van der Waals surface area contributed by atoms with Gasteiger partial charge in [0, 0.05) is 17.5 Å². The second-order valence-electron chi connectivity index (χ2n) is 4.22. The van der Waals surface area contributed by atoms with E-state index in [0.29, 0.717) is 11.4 Å². The number of amides is 1. The lowest BCUT2D eigenvalue weighted by molar-refractivity contribution is -0.111. The first-order valence-corrected chi connectivity index (χ1v) is 6.16. The van der Waals surface area contributed by atoms with Crippen LogP contribution in [-0.4, -0.2) is 13.0 Å². The second kappa shape index (κ2) is 6.43. The standard InChI is InChI=1S/C16H16N2O2/c1-20-15-8-6-14(7-9-15)18-16(19)10-5-12-3-2-4-13(17)11-12/h2-11H,17H2,1H3,(H,18,19)/b10-5+. The summed E-state index contributed by atoms with van der Waals surface area (Å²) < 4.78 is 5.05. The maximum atomic E-state index is 11.8. The summed E-state index contributed by atoms with van der Waals surface area (Å²) in [7, 11) is 1.60. The van der Waals surface area contributed by atoms with Crippen molar-refractivity contribution in [3.63, 3.8) is 0 Å². The molecule has 2 aromatic carbocycles. The van der Waals surface area contributed by atoms with E-state index in [1.54, 1.807) is 49.6 Å². The summed E-state index contributed by atoms with van der Waals surface area (Å²) in [5.74, 6) is 0.552. The number of rotatable bonds is 4. The molecule has 0 unspecified atom stereocenters. The Hall–Kier alpha value is -2.75. The van der Waals surface area contributed by atoms with Gasteiger partial charge in [-0.25, -0.2) is 0 Å². The molecule has 0 heterocycles. The maximum Gasteiger partial charge on any atom is 0.248 e. The van der Waals surface area contributed by atoms with Gasteiger partial charge in [-0.2, -0.15) is 0 Å². The molecule has 0 radical (unpaired) electrons. The monoisotopic (exact) mass is 268 g/mol. The number of nitrogens with one attached hydrogen (secondary N) is 1. The second-order valence-corrected chi connectivity index (χ2v) is 4.22. The van der Waals surface area contributed by atoms with E-state index in [1.807, 2.05) is 12.1 Å². The molecule has 0 aliphatic rings. The topological polar surface area (TPSA) is 64.3 Å². The molecular formula is C16H16N2O2. The molecular weight excluding hydrogens is 252 g/mol. The molecule has 0 aliphatic heterocycles. The zero-order valence-electron chi connectivity index (χ0n) is 11.2. The number of nitrogens with two attached hydrogens (primary N) is 1. The van der Waals surface area contributed by atoms with E-state index in [2.05, 4.69) is 5.32 Å². The van der Waals surface area contributed by atoms with Crippen molar-refractivity contribution in [2.45, 2.75) is 0 Å². The van der Waals surface area contributed by atoms with Crippen LogP contribution in [0.1, 0.15) is 5.56 Å². The third-order valence-corrected chi connectivity index (χ3v) is 2.70. The first kappa shape index (κ1) is 13.7. The van der Waals surface area contributed by atoms with Gasteiger partial charge in [-0.05, 0) is 48.0 Å². The van der Waals surface area contributed by atoms with Gasteiger partial charge < -0.3 is 15.8 Å². The number of carbonyl (C=O) groups excluding carboxylic acids is 1. The summed E-state index contributed by atoms with van der Waals surface area (Å²) in [6.45, 7) is 0. The van der Waals surface area contributed by atoms with Gasteiger partial charge >= 0.3 is 0 Å². The van der Waals surface area contributed by atoms with Crippen molar-refractivity contribution in [2.75, 3.05) is 18.2 Å². The molecule has 3 N–H and O–H groups in total. The minimum Gasteiger partial charge on any atom is -0.497 e. The van der Waals surface area contributed by atoms with Crippen LogP contribution >= 0.6 is 0 Å². The van der Waals surface area contributed by atoms with Crippen LogP contribution in [-0.2, 0) is 4.79 Å². The van der Waals surface area contributed by atoms with Crippen LogP contribution < -0.4 is 15.8 Å². The molecule has 2 aromatic rings. The number of methoxy groups -OCH3 is 1. The van der Waals surface area contributed by atoms with E-state index in [1.165, 1.54) is 6.08 Å². The quantitative estimate of drug-likeness (QED) is 0.662. The van der Waals surface area contributed by atoms with Crippen LogP contribution in [0.3, 0.4) is 0 Å². The van der Waals surface area contributed by atoms with Crippen LogP contribution in [0.25, 0.3) is 6.08 Å². The van der Waals surface area contributed by atoms with E-state index < -0.39 is 0 Å². The molecule has 0 bridgehead atoms. The van der Waals surface area contributed by atoms with Gasteiger partial charge in [0.05, 0.1) is 7.11 Å². The fourth-order valence-corrected chi connectivity index (χ4v) is 1.69. The lowest BCUT2D eigenvalue weighted by Crippen LogP contribution is -2.07. The summed E-state index contributed by atoms with van der Waals surface area (Å²) in [6, 6.07) is 14.5. The fourth-order valence-electron chi connectivity index (χ4n) is 1.69. The summed E-state index contributed by atoms with van der Waals surface area (Å²) >= 11 is 0. The van der Waals surface area contributed by atoms with E-state index >= 15 is 0 Å². The van der Waals surface area contributed by atoms with Crippen molar-refractivity contribution in [2.24, 2.45) is 0 Å². The Morgan fingerprint density at radius 2 is 1.95 bits per heavy atom. The summed E-state index contributed by atoms with van der Waals surface area (Å²) in [4.78, 5) is 11.8. The SMILES string of the molecule is COc1ccc(NC(=O)/C=C/c2cccc(N)c2)cc1. The Morgan fingerprint density at radius 1 is 1.20 bits per heavy atom. The van der Waals surface area contributed by atoms with Crippen LogP contribution in [0.2, 0.25) is 0 Å². The van der Waals surface area contributed by atoms with Crippen molar-refractivity contribution >= 4 is 23.4 Å². The molecule has 2 rings (SSSR count). The third-order valence-electron chi connectivity index (χ3n) is 2.70. The first-order valence-electron chi connectivity index (χ1n) is 6.16. The first-order chi connectivity index (χ1) is 9.67. The lowest BCUT2D eigenvalue weighted by atomic mass is 10.2. The number of carbonyl (C=O) groups is 1. The predicted octanol–water partition coefficient (Wildman–Crippen LogP) is 2.93. The van der Waals surface area contributed by atoms with E-state index in [0.717, 1.165) is 11.3 Å². The molecule has 4 heteroatoms. The molecule has 0 atom stereocenters. The number of benzene rings is 2. The number of hydrogen-bond acceptors (Lipinski definition) is 3.